The number of aromatic nitrogens is 3. The van der Waals surface area contributed by atoms with Crippen LogP contribution in [0.4, 0.5) is 0 Å². The van der Waals surface area contributed by atoms with E-state index < -0.39 is 0 Å². The van der Waals surface area contributed by atoms with Gasteiger partial charge in [0.25, 0.3) is 11.5 Å². The highest BCUT2D eigenvalue weighted by Crippen LogP contribution is 2.43. The number of hydrogen-bond acceptors (Lipinski definition) is 4. The Hall–Kier alpha value is -3.02. The summed E-state index contributed by atoms with van der Waals surface area (Å²) in [6.45, 7) is 0. The zero-order valence-corrected chi connectivity index (χ0v) is 13.5. The summed E-state index contributed by atoms with van der Waals surface area (Å²) in [7, 11) is 0. The molecule has 2 atom stereocenters. The molecule has 0 radical (unpaired) electrons. The van der Waals surface area contributed by atoms with Crippen molar-refractivity contribution in [1.29, 1.82) is 0 Å². The summed E-state index contributed by atoms with van der Waals surface area (Å²) in [5, 5.41) is 1.38. The minimum absolute atomic E-state index is 0.00239. The number of H-pyrrole nitrogens is 1. The van der Waals surface area contributed by atoms with Crippen LogP contribution in [0.2, 0.25) is 0 Å². The average Bonchev–Trinajstić information content (AvgIpc) is 2.96. The number of pyridine rings is 1. The van der Waals surface area contributed by atoms with Gasteiger partial charge in [-0.15, -0.1) is 0 Å². The van der Waals surface area contributed by atoms with E-state index in [-0.39, 0.29) is 23.6 Å². The quantitative estimate of drug-likeness (QED) is 0.741. The van der Waals surface area contributed by atoms with E-state index in [1.54, 1.807) is 18.5 Å². The molecule has 3 aromatic rings. The number of nitrogens with one attached hydrogen (secondary N) is 1. The first-order valence-electron chi connectivity index (χ1n) is 8.46. The molecule has 0 saturated carbocycles. The number of carbonyl (C=O) groups excluding carboxylic acids is 1. The first kappa shape index (κ1) is 14.3. The number of nitrogens with zero attached hydrogens (tertiary/aromatic N) is 3. The molecule has 1 fully saturated rings. The highest BCUT2D eigenvalue weighted by atomic mass is 16.2. The Bertz CT molecular complexity index is 1060. The molecule has 2 unspecified atom stereocenters. The van der Waals surface area contributed by atoms with Gasteiger partial charge in [-0.3, -0.25) is 9.59 Å². The van der Waals surface area contributed by atoms with Crippen LogP contribution >= 0.6 is 0 Å². The predicted octanol–water partition coefficient (Wildman–Crippen LogP) is 2.22. The Morgan fingerprint density at radius 3 is 3.04 bits per heavy atom. The third-order valence-corrected chi connectivity index (χ3v) is 5.34. The number of amides is 1. The Balaban J connectivity index is 1.59. The SMILES string of the molecule is O=C(c1cc2ccccc2c(=O)[nH]1)N1C2CCC1c1cncnc1C2. The highest BCUT2D eigenvalue weighted by Gasteiger charge is 2.43. The lowest BCUT2D eigenvalue weighted by Crippen LogP contribution is -2.43. The topological polar surface area (TPSA) is 79.0 Å². The van der Waals surface area contributed by atoms with Gasteiger partial charge >= 0.3 is 0 Å². The monoisotopic (exact) mass is 332 g/mol. The fourth-order valence-electron chi connectivity index (χ4n) is 4.20. The molecule has 25 heavy (non-hydrogen) atoms. The second kappa shape index (κ2) is 5.24. The van der Waals surface area contributed by atoms with Gasteiger partial charge in [-0.25, -0.2) is 9.97 Å². The molecule has 2 bridgehead atoms. The van der Waals surface area contributed by atoms with E-state index >= 15 is 0 Å². The Kier molecular flexibility index (Phi) is 3.00. The van der Waals surface area contributed by atoms with Gasteiger partial charge in [0, 0.05) is 29.6 Å². The second-order valence-electron chi connectivity index (χ2n) is 6.69. The molecule has 2 aliphatic heterocycles. The largest absolute Gasteiger partial charge is 0.327 e. The summed E-state index contributed by atoms with van der Waals surface area (Å²) in [6.07, 6.45) is 5.99. The van der Waals surface area contributed by atoms with Crippen molar-refractivity contribution in [2.75, 3.05) is 0 Å². The minimum atomic E-state index is -0.227. The van der Waals surface area contributed by atoms with Crippen molar-refractivity contribution in [2.24, 2.45) is 0 Å². The van der Waals surface area contributed by atoms with Gasteiger partial charge in [-0.1, -0.05) is 18.2 Å². The van der Waals surface area contributed by atoms with Gasteiger partial charge in [0.15, 0.2) is 0 Å². The summed E-state index contributed by atoms with van der Waals surface area (Å²) in [6, 6.07) is 9.22. The van der Waals surface area contributed by atoms with E-state index in [9.17, 15) is 9.59 Å². The van der Waals surface area contributed by atoms with E-state index in [0.29, 0.717) is 11.1 Å². The van der Waals surface area contributed by atoms with Crippen LogP contribution in [0.15, 0.2) is 47.7 Å². The maximum absolute atomic E-state index is 13.2. The Morgan fingerprint density at radius 1 is 1.24 bits per heavy atom. The molecular formula is C19H16N4O2. The normalized spacial score (nSPS) is 21.4. The van der Waals surface area contributed by atoms with Gasteiger partial charge in [0.1, 0.15) is 12.0 Å². The number of fused-ring (bicyclic) bond motifs is 5. The molecule has 1 amide bonds. The second-order valence-corrected chi connectivity index (χ2v) is 6.69. The average molecular weight is 332 g/mol. The lowest BCUT2D eigenvalue weighted by atomic mass is 9.98. The molecule has 1 aromatic carbocycles. The van der Waals surface area contributed by atoms with E-state index in [1.807, 2.05) is 29.3 Å². The van der Waals surface area contributed by atoms with E-state index in [2.05, 4.69) is 15.0 Å². The predicted molar refractivity (Wildman–Crippen MR) is 92.2 cm³/mol. The van der Waals surface area contributed by atoms with E-state index in [0.717, 1.165) is 35.9 Å². The minimum Gasteiger partial charge on any atom is -0.327 e. The number of carbonyl (C=O) groups is 1. The number of benzene rings is 1. The molecule has 6 heteroatoms. The molecule has 2 aliphatic rings. The van der Waals surface area contributed by atoms with Crippen molar-refractivity contribution in [3.8, 4) is 0 Å². The number of rotatable bonds is 1. The van der Waals surface area contributed by atoms with E-state index in [1.165, 1.54) is 0 Å². The van der Waals surface area contributed by atoms with Gasteiger partial charge in [-0.2, -0.15) is 0 Å². The van der Waals surface area contributed by atoms with Crippen LogP contribution in [0.25, 0.3) is 10.8 Å². The lowest BCUT2D eigenvalue weighted by Gasteiger charge is -2.35. The van der Waals surface area contributed by atoms with Gasteiger partial charge < -0.3 is 9.88 Å². The number of hydrogen-bond donors (Lipinski definition) is 1. The van der Waals surface area contributed by atoms with Gasteiger partial charge in [-0.05, 0) is 30.4 Å². The van der Waals surface area contributed by atoms with Crippen LogP contribution < -0.4 is 5.56 Å². The van der Waals surface area contributed by atoms with Crippen LogP contribution in [0.3, 0.4) is 0 Å². The molecular weight excluding hydrogens is 316 g/mol. The summed E-state index contributed by atoms with van der Waals surface area (Å²) in [5.41, 5.74) is 2.20. The fourth-order valence-corrected chi connectivity index (χ4v) is 4.20. The van der Waals surface area contributed by atoms with Crippen LogP contribution in [-0.4, -0.2) is 31.8 Å². The Morgan fingerprint density at radius 2 is 2.12 bits per heavy atom. The van der Waals surface area contributed by atoms with Crippen LogP contribution in [-0.2, 0) is 6.42 Å². The summed E-state index contributed by atoms with van der Waals surface area (Å²) in [5.74, 6) is -0.121. The molecule has 1 saturated heterocycles. The zero-order chi connectivity index (χ0) is 17.0. The molecule has 0 aliphatic carbocycles. The fraction of sp³-hybridized carbons (Fsp3) is 0.263. The molecule has 1 N–H and O–H groups in total. The molecule has 4 heterocycles. The van der Waals surface area contributed by atoms with Crippen molar-refractivity contribution in [1.82, 2.24) is 19.9 Å². The molecule has 0 spiro atoms. The van der Waals surface area contributed by atoms with Crippen molar-refractivity contribution in [3.05, 3.63) is 70.2 Å². The van der Waals surface area contributed by atoms with Gasteiger partial charge in [0.05, 0.1) is 11.7 Å². The first-order chi connectivity index (χ1) is 12.2. The van der Waals surface area contributed by atoms with Gasteiger partial charge in [0.2, 0.25) is 0 Å². The lowest BCUT2D eigenvalue weighted by molar-refractivity contribution is 0.0637. The molecule has 5 rings (SSSR count). The van der Waals surface area contributed by atoms with Crippen molar-refractivity contribution in [3.63, 3.8) is 0 Å². The first-order valence-corrected chi connectivity index (χ1v) is 8.46. The van der Waals surface area contributed by atoms with Crippen molar-refractivity contribution in [2.45, 2.75) is 31.3 Å². The third kappa shape index (κ3) is 2.10. The summed E-state index contributed by atoms with van der Waals surface area (Å²) >= 11 is 0. The van der Waals surface area contributed by atoms with E-state index in [4.69, 9.17) is 0 Å². The maximum atomic E-state index is 13.2. The number of aromatic amines is 1. The smallest absolute Gasteiger partial charge is 0.271 e. The van der Waals surface area contributed by atoms with Crippen LogP contribution in [0.5, 0.6) is 0 Å². The van der Waals surface area contributed by atoms with Crippen LogP contribution in [0.1, 0.15) is 40.6 Å². The molecule has 2 aromatic heterocycles. The standard InChI is InChI=1S/C19H16N4O2/c24-18-13-4-2-1-3-11(13)7-16(22-18)19(25)23-12-5-6-17(23)14-9-20-10-21-15(14)8-12/h1-4,7,9-10,12,17H,5-6,8H2,(H,22,24). The zero-order valence-electron chi connectivity index (χ0n) is 13.5. The maximum Gasteiger partial charge on any atom is 0.271 e. The molecule has 6 nitrogen and oxygen atoms in total. The summed E-state index contributed by atoms with van der Waals surface area (Å²) in [4.78, 5) is 38.7. The van der Waals surface area contributed by atoms with Crippen molar-refractivity contribution < 1.29 is 4.79 Å². The highest BCUT2D eigenvalue weighted by molar-refractivity contribution is 5.97. The van der Waals surface area contributed by atoms with Crippen molar-refractivity contribution >= 4 is 16.7 Å². The summed E-state index contributed by atoms with van der Waals surface area (Å²) < 4.78 is 0. The third-order valence-electron chi connectivity index (χ3n) is 5.34. The molecule has 124 valence electrons. The van der Waals surface area contributed by atoms with Crippen LogP contribution in [0, 0.1) is 0 Å². The Labute approximate surface area is 143 Å².